The number of rotatable bonds is 5. The summed E-state index contributed by atoms with van der Waals surface area (Å²) in [6, 6.07) is 7.85. The molecule has 5 nitrogen and oxygen atoms in total. The van der Waals surface area contributed by atoms with Crippen LogP contribution in [0.3, 0.4) is 0 Å². The molecule has 0 spiro atoms. The van der Waals surface area contributed by atoms with Crippen molar-refractivity contribution in [3.05, 3.63) is 29.8 Å². The lowest BCUT2D eigenvalue weighted by molar-refractivity contribution is -0.134. The molecule has 1 heterocycles. The first-order valence-corrected chi connectivity index (χ1v) is 9.47. The van der Waals surface area contributed by atoms with Crippen LogP contribution >= 0.6 is 0 Å². The summed E-state index contributed by atoms with van der Waals surface area (Å²) in [5.41, 5.74) is 1.10. The molecule has 1 fully saturated rings. The van der Waals surface area contributed by atoms with Gasteiger partial charge in [0.05, 0.1) is 7.11 Å². The number of ether oxygens (including phenoxy) is 1. The maximum atomic E-state index is 12.6. The largest absolute Gasteiger partial charge is 0.497 e. The zero-order valence-electron chi connectivity index (χ0n) is 16.6. The van der Waals surface area contributed by atoms with E-state index in [-0.39, 0.29) is 17.2 Å². The van der Waals surface area contributed by atoms with E-state index in [4.69, 9.17) is 4.74 Å². The minimum absolute atomic E-state index is 0.00433. The van der Waals surface area contributed by atoms with Gasteiger partial charge in [0.25, 0.3) is 0 Å². The van der Waals surface area contributed by atoms with Crippen LogP contribution in [0, 0.1) is 5.41 Å². The second-order valence-electron chi connectivity index (χ2n) is 8.20. The van der Waals surface area contributed by atoms with Gasteiger partial charge in [-0.25, -0.2) is 0 Å². The van der Waals surface area contributed by atoms with Gasteiger partial charge in [0.15, 0.2) is 0 Å². The van der Waals surface area contributed by atoms with Crippen molar-refractivity contribution < 1.29 is 14.3 Å². The van der Waals surface area contributed by atoms with Crippen LogP contribution < -0.4 is 4.74 Å². The van der Waals surface area contributed by atoms with Crippen molar-refractivity contribution in [2.45, 2.75) is 46.5 Å². The third-order valence-electron chi connectivity index (χ3n) is 4.64. The van der Waals surface area contributed by atoms with E-state index < -0.39 is 0 Å². The molecule has 0 atom stereocenters. The van der Waals surface area contributed by atoms with Crippen molar-refractivity contribution in [3.8, 4) is 5.75 Å². The number of methoxy groups -OCH3 is 1. The molecule has 5 heteroatoms. The highest BCUT2D eigenvalue weighted by molar-refractivity contribution is 5.78. The summed E-state index contributed by atoms with van der Waals surface area (Å²) in [7, 11) is 1.65. The monoisotopic (exact) mass is 360 g/mol. The van der Waals surface area contributed by atoms with Gasteiger partial charge in [-0.2, -0.15) is 0 Å². The Labute approximate surface area is 157 Å². The first-order valence-electron chi connectivity index (χ1n) is 9.47. The number of carbonyl (C=O) groups excluding carboxylic acids is 2. The van der Waals surface area contributed by atoms with Crippen molar-refractivity contribution in [3.63, 3.8) is 0 Å². The summed E-state index contributed by atoms with van der Waals surface area (Å²) in [5.74, 6) is 1.18. The third-order valence-corrected chi connectivity index (χ3v) is 4.64. The van der Waals surface area contributed by atoms with E-state index in [2.05, 4.69) is 20.8 Å². The van der Waals surface area contributed by atoms with Crippen LogP contribution in [0.1, 0.15) is 45.6 Å². The maximum absolute atomic E-state index is 12.6. The Hall–Kier alpha value is -2.04. The standard InChI is InChI=1S/C21H32N2O3/c1-21(2,3)16-20(25)23-12-6-11-22(13-14-23)19(24)10-9-17-7-5-8-18(15-17)26-4/h5,7-8,15H,6,9-14,16H2,1-4H3. The molecule has 0 N–H and O–H groups in total. The van der Waals surface area contributed by atoms with Gasteiger partial charge >= 0.3 is 0 Å². The molecule has 0 bridgehead atoms. The number of benzene rings is 1. The van der Waals surface area contributed by atoms with E-state index in [1.54, 1.807) is 7.11 Å². The van der Waals surface area contributed by atoms with Crippen LogP contribution in [0.5, 0.6) is 5.75 Å². The molecule has 26 heavy (non-hydrogen) atoms. The van der Waals surface area contributed by atoms with Gasteiger partial charge in [-0.15, -0.1) is 0 Å². The SMILES string of the molecule is COc1cccc(CCC(=O)N2CCCN(C(=O)CC(C)(C)C)CC2)c1. The van der Waals surface area contributed by atoms with Gasteiger partial charge in [-0.1, -0.05) is 32.9 Å². The fourth-order valence-corrected chi connectivity index (χ4v) is 3.22. The van der Waals surface area contributed by atoms with Gasteiger partial charge in [0, 0.05) is 39.0 Å². The molecule has 2 amide bonds. The summed E-state index contributed by atoms with van der Waals surface area (Å²) < 4.78 is 5.23. The Bertz CT molecular complexity index is 622. The number of nitrogens with zero attached hydrogens (tertiary/aromatic N) is 2. The lowest BCUT2D eigenvalue weighted by Crippen LogP contribution is -2.38. The Morgan fingerprint density at radius 3 is 2.31 bits per heavy atom. The van der Waals surface area contributed by atoms with Gasteiger partial charge in [0.1, 0.15) is 5.75 Å². The summed E-state index contributed by atoms with van der Waals surface area (Å²) in [5, 5.41) is 0. The number of aryl methyl sites for hydroxylation is 1. The van der Waals surface area contributed by atoms with Crippen molar-refractivity contribution >= 4 is 11.8 Å². The molecule has 0 unspecified atom stereocenters. The molecule has 1 aliphatic rings. The lowest BCUT2D eigenvalue weighted by Gasteiger charge is -2.25. The van der Waals surface area contributed by atoms with E-state index in [9.17, 15) is 9.59 Å². The Balaban J connectivity index is 1.84. The third kappa shape index (κ3) is 6.36. The Morgan fingerprint density at radius 2 is 1.69 bits per heavy atom. The van der Waals surface area contributed by atoms with Crippen molar-refractivity contribution in [1.29, 1.82) is 0 Å². The minimum atomic E-state index is -0.00433. The summed E-state index contributed by atoms with van der Waals surface area (Å²) in [4.78, 5) is 28.8. The zero-order valence-corrected chi connectivity index (χ0v) is 16.6. The van der Waals surface area contributed by atoms with Crippen molar-refractivity contribution in [2.75, 3.05) is 33.3 Å². The quantitative estimate of drug-likeness (QED) is 0.811. The summed E-state index contributed by atoms with van der Waals surface area (Å²) in [6.45, 7) is 8.99. The van der Waals surface area contributed by atoms with E-state index in [1.165, 1.54) is 0 Å². The molecule has 1 saturated heterocycles. The second kappa shape index (κ2) is 9.06. The molecule has 1 aliphatic heterocycles. The predicted octanol–water partition coefficient (Wildman–Crippen LogP) is 3.12. The van der Waals surface area contributed by atoms with Gasteiger partial charge in [-0.05, 0) is 36.0 Å². The van der Waals surface area contributed by atoms with Crippen LogP contribution in [0.4, 0.5) is 0 Å². The van der Waals surface area contributed by atoms with E-state index >= 15 is 0 Å². The first-order chi connectivity index (χ1) is 12.3. The Kier molecular flexibility index (Phi) is 7.06. The number of amides is 2. The van der Waals surface area contributed by atoms with Gasteiger partial charge in [-0.3, -0.25) is 9.59 Å². The molecule has 144 valence electrons. The summed E-state index contributed by atoms with van der Waals surface area (Å²) in [6.07, 6.45) is 2.60. The van der Waals surface area contributed by atoms with Gasteiger partial charge in [0.2, 0.25) is 11.8 Å². The molecule has 1 aromatic rings. The highest BCUT2D eigenvalue weighted by Crippen LogP contribution is 2.20. The molecular formula is C21H32N2O3. The minimum Gasteiger partial charge on any atom is -0.497 e. The molecule has 2 rings (SSSR count). The maximum Gasteiger partial charge on any atom is 0.223 e. The average molecular weight is 360 g/mol. The van der Waals surface area contributed by atoms with E-state index in [0.717, 1.165) is 30.8 Å². The van der Waals surface area contributed by atoms with Crippen molar-refractivity contribution in [2.24, 2.45) is 5.41 Å². The van der Waals surface area contributed by atoms with Crippen molar-refractivity contribution in [1.82, 2.24) is 9.80 Å². The van der Waals surface area contributed by atoms with Crippen LogP contribution in [-0.4, -0.2) is 54.9 Å². The molecular weight excluding hydrogens is 328 g/mol. The first kappa shape index (κ1) is 20.3. The topological polar surface area (TPSA) is 49.9 Å². The number of carbonyl (C=O) groups is 2. The Morgan fingerprint density at radius 1 is 1.04 bits per heavy atom. The highest BCUT2D eigenvalue weighted by Gasteiger charge is 2.24. The second-order valence-corrected chi connectivity index (χ2v) is 8.20. The lowest BCUT2D eigenvalue weighted by atomic mass is 9.91. The van der Waals surface area contributed by atoms with Crippen LogP contribution in [0.2, 0.25) is 0 Å². The number of hydrogen-bond donors (Lipinski definition) is 0. The summed E-state index contributed by atoms with van der Waals surface area (Å²) >= 11 is 0. The highest BCUT2D eigenvalue weighted by atomic mass is 16.5. The molecule has 0 saturated carbocycles. The van der Waals surface area contributed by atoms with Gasteiger partial charge < -0.3 is 14.5 Å². The molecule has 0 aromatic heterocycles. The normalized spacial score (nSPS) is 15.5. The van der Waals surface area contributed by atoms with Crippen LogP contribution in [0.15, 0.2) is 24.3 Å². The van der Waals surface area contributed by atoms with E-state index in [1.807, 2.05) is 34.1 Å². The average Bonchev–Trinajstić information content (AvgIpc) is 2.84. The van der Waals surface area contributed by atoms with Crippen LogP contribution in [-0.2, 0) is 16.0 Å². The van der Waals surface area contributed by atoms with Crippen LogP contribution in [0.25, 0.3) is 0 Å². The molecule has 1 aromatic carbocycles. The predicted molar refractivity (Wildman–Crippen MR) is 103 cm³/mol. The zero-order chi connectivity index (χ0) is 19.2. The fraction of sp³-hybridized carbons (Fsp3) is 0.619. The number of hydrogen-bond acceptors (Lipinski definition) is 3. The molecule has 0 aliphatic carbocycles. The fourth-order valence-electron chi connectivity index (χ4n) is 3.22. The molecule has 0 radical (unpaired) electrons. The smallest absolute Gasteiger partial charge is 0.223 e. The van der Waals surface area contributed by atoms with E-state index in [0.29, 0.717) is 32.4 Å².